The second kappa shape index (κ2) is 7.08. The average Bonchev–Trinajstić information content (AvgIpc) is 2.50. The van der Waals surface area contributed by atoms with Crippen LogP contribution in [0.5, 0.6) is 0 Å². The van der Waals surface area contributed by atoms with Crippen LogP contribution in [0.2, 0.25) is 5.02 Å². The Kier molecular flexibility index (Phi) is 5.64. The normalized spacial score (nSPS) is 27.6. The monoisotopic (exact) mass is 313 g/mol. The summed E-state index contributed by atoms with van der Waals surface area (Å²) in [7, 11) is 0. The summed E-state index contributed by atoms with van der Waals surface area (Å²) in [6.07, 6.45) is 5.34. The molecule has 1 unspecified atom stereocenters. The molecule has 1 aliphatic rings. The van der Waals surface area contributed by atoms with Crippen molar-refractivity contribution in [2.45, 2.75) is 51.6 Å². The highest BCUT2D eigenvalue weighted by Gasteiger charge is 2.41. The molecule has 0 amide bonds. The molecule has 0 bridgehead atoms. The summed E-state index contributed by atoms with van der Waals surface area (Å²) in [5.74, 6) is 0.307. The van der Waals surface area contributed by atoms with Crippen molar-refractivity contribution in [3.8, 4) is 0 Å². The first-order chi connectivity index (χ1) is 10.0. The number of aliphatic hydroxyl groups is 1. The maximum atomic E-state index is 14.0. The van der Waals surface area contributed by atoms with Crippen LogP contribution in [0.15, 0.2) is 18.2 Å². The lowest BCUT2D eigenvalue weighted by Gasteiger charge is -2.43. The van der Waals surface area contributed by atoms with Gasteiger partial charge >= 0.3 is 0 Å². The van der Waals surface area contributed by atoms with Gasteiger partial charge in [0.15, 0.2) is 0 Å². The molecule has 118 valence electrons. The predicted octanol–water partition coefficient (Wildman–Crippen LogP) is 4.45. The summed E-state index contributed by atoms with van der Waals surface area (Å²) >= 11 is 5.94. The van der Waals surface area contributed by atoms with Crippen molar-refractivity contribution in [1.29, 1.82) is 0 Å². The van der Waals surface area contributed by atoms with E-state index in [1.54, 1.807) is 0 Å². The molecule has 0 aromatic heterocycles. The van der Waals surface area contributed by atoms with Gasteiger partial charge in [-0.3, -0.25) is 0 Å². The number of benzene rings is 1. The van der Waals surface area contributed by atoms with Crippen molar-refractivity contribution in [3.63, 3.8) is 0 Å². The summed E-state index contributed by atoms with van der Waals surface area (Å²) in [6.45, 7) is 2.57. The lowest BCUT2D eigenvalue weighted by Crippen LogP contribution is -2.40. The Hall–Kier alpha value is -0.640. The topological polar surface area (TPSA) is 46.2 Å². The van der Waals surface area contributed by atoms with E-state index in [0.717, 1.165) is 25.7 Å². The molecule has 1 aromatic carbocycles. The van der Waals surface area contributed by atoms with Crippen LogP contribution < -0.4 is 5.73 Å². The van der Waals surface area contributed by atoms with E-state index in [-0.39, 0.29) is 5.56 Å². The Morgan fingerprint density at radius 2 is 2.10 bits per heavy atom. The maximum absolute atomic E-state index is 14.0. The van der Waals surface area contributed by atoms with Gasteiger partial charge in [-0.2, -0.15) is 0 Å². The zero-order valence-electron chi connectivity index (χ0n) is 12.6. The first-order valence-corrected chi connectivity index (χ1v) is 8.23. The summed E-state index contributed by atoms with van der Waals surface area (Å²) in [4.78, 5) is 0. The van der Waals surface area contributed by atoms with Gasteiger partial charge < -0.3 is 10.8 Å². The van der Waals surface area contributed by atoms with Gasteiger partial charge in [-0.25, -0.2) is 4.39 Å². The highest BCUT2D eigenvalue weighted by molar-refractivity contribution is 6.30. The molecular weight excluding hydrogens is 289 g/mol. The number of nitrogens with two attached hydrogens (primary N) is 1. The van der Waals surface area contributed by atoms with E-state index < -0.39 is 17.3 Å². The molecule has 0 heterocycles. The van der Waals surface area contributed by atoms with E-state index in [4.69, 9.17) is 17.3 Å². The lowest BCUT2D eigenvalue weighted by atomic mass is 9.65. The summed E-state index contributed by atoms with van der Waals surface area (Å²) in [5, 5.41) is 11.2. The summed E-state index contributed by atoms with van der Waals surface area (Å²) < 4.78 is 14.0. The molecule has 0 spiro atoms. The molecule has 1 aromatic rings. The van der Waals surface area contributed by atoms with Crippen LogP contribution in [0, 0.1) is 17.2 Å². The number of halogens is 2. The molecule has 2 rings (SSSR count). The number of hydrogen-bond donors (Lipinski definition) is 2. The Bertz CT molecular complexity index is 472. The number of aliphatic hydroxyl groups excluding tert-OH is 1. The van der Waals surface area contributed by atoms with E-state index in [0.29, 0.717) is 17.5 Å². The largest absolute Gasteiger partial charge is 0.388 e. The van der Waals surface area contributed by atoms with Crippen LogP contribution in [0.3, 0.4) is 0 Å². The molecule has 2 nitrogen and oxygen atoms in total. The van der Waals surface area contributed by atoms with Gasteiger partial charge in [0.2, 0.25) is 0 Å². The third kappa shape index (κ3) is 3.58. The SMILES string of the molecule is CCCC1CCC(CN)(C(O)c2cc(Cl)ccc2F)CC1. The first-order valence-electron chi connectivity index (χ1n) is 7.85. The van der Waals surface area contributed by atoms with Gasteiger partial charge in [-0.1, -0.05) is 31.4 Å². The molecule has 1 aliphatic carbocycles. The zero-order chi connectivity index (χ0) is 15.5. The van der Waals surface area contributed by atoms with Crippen molar-refractivity contribution in [2.75, 3.05) is 6.54 Å². The van der Waals surface area contributed by atoms with E-state index in [1.807, 2.05) is 0 Å². The fourth-order valence-corrected chi connectivity index (χ4v) is 3.77. The Labute approximate surface area is 131 Å². The molecule has 4 heteroatoms. The van der Waals surface area contributed by atoms with E-state index >= 15 is 0 Å². The molecular formula is C17H25ClFNO. The summed E-state index contributed by atoms with van der Waals surface area (Å²) in [5.41, 5.74) is 5.83. The molecule has 1 fully saturated rings. The summed E-state index contributed by atoms with van der Waals surface area (Å²) in [6, 6.07) is 4.34. The van der Waals surface area contributed by atoms with E-state index in [2.05, 4.69) is 6.92 Å². The third-order valence-electron chi connectivity index (χ3n) is 5.04. The van der Waals surface area contributed by atoms with Crippen molar-refractivity contribution >= 4 is 11.6 Å². The lowest BCUT2D eigenvalue weighted by molar-refractivity contribution is -0.0128. The smallest absolute Gasteiger partial charge is 0.129 e. The Morgan fingerprint density at radius 1 is 1.43 bits per heavy atom. The highest BCUT2D eigenvalue weighted by Crippen LogP contribution is 2.48. The quantitative estimate of drug-likeness (QED) is 0.843. The second-order valence-corrected chi connectivity index (χ2v) is 6.80. The number of hydrogen-bond acceptors (Lipinski definition) is 2. The minimum atomic E-state index is -0.885. The van der Waals surface area contributed by atoms with Crippen molar-refractivity contribution < 1.29 is 9.50 Å². The molecule has 1 saturated carbocycles. The van der Waals surface area contributed by atoms with Crippen molar-refractivity contribution in [2.24, 2.45) is 17.1 Å². The molecule has 3 N–H and O–H groups in total. The minimum absolute atomic E-state index is 0.280. The van der Waals surface area contributed by atoms with Crippen LogP contribution in [-0.4, -0.2) is 11.7 Å². The standard InChI is InChI=1S/C17H25ClFNO/c1-2-3-12-6-8-17(11-20,9-7-12)16(21)14-10-13(18)4-5-15(14)19/h4-5,10,12,16,21H,2-3,6-9,11,20H2,1H3. The minimum Gasteiger partial charge on any atom is -0.388 e. The van der Waals surface area contributed by atoms with Gasteiger partial charge in [0.25, 0.3) is 0 Å². The van der Waals surface area contributed by atoms with Gasteiger partial charge in [0, 0.05) is 22.5 Å². The highest BCUT2D eigenvalue weighted by atomic mass is 35.5. The van der Waals surface area contributed by atoms with E-state index in [1.165, 1.54) is 31.0 Å². The van der Waals surface area contributed by atoms with Crippen LogP contribution in [-0.2, 0) is 0 Å². The average molecular weight is 314 g/mol. The van der Waals surface area contributed by atoms with Crippen molar-refractivity contribution in [3.05, 3.63) is 34.6 Å². The van der Waals surface area contributed by atoms with Gasteiger partial charge in [0.1, 0.15) is 5.82 Å². The van der Waals surface area contributed by atoms with Crippen LogP contribution in [0.4, 0.5) is 4.39 Å². The van der Waals surface area contributed by atoms with Crippen molar-refractivity contribution in [1.82, 2.24) is 0 Å². The third-order valence-corrected chi connectivity index (χ3v) is 5.27. The second-order valence-electron chi connectivity index (χ2n) is 6.37. The molecule has 0 radical (unpaired) electrons. The van der Waals surface area contributed by atoms with Crippen LogP contribution in [0.25, 0.3) is 0 Å². The number of rotatable bonds is 5. The Balaban J connectivity index is 2.19. The fourth-order valence-electron chi connectivity index (χ4n) is 3.59. The molecule has 0 aliphatic heterocycles. The fraction of sp³-hybridized carbons (Fsp3) is 0.647. The molecule has 1 atom stereocenters. The zero-order valence-corrected chi connectivity index (χ0v) is 13.4. The molecule has 0 saturated heterocycles. The first kappa shape index (κ1) is 16.7. The van der Waals surface area contributed by atoms with Crippen LogP contribution >= 0.6 is 11.6 Å². The molecule has 21 heavy (non-hydrogen) atoms. The van der Waals surface area contributed by atoms with Crippen LogP contribution in [0.1, 0.15) is 57.1 Å². The van der Waals surface area contributed by atoms with Gasteiger partial charge in [0.05, 0.1) is 6.10 Å². The predicted molar refractivity (Wildman–Crippen MR) is 84.7 cm³/mol. The Morgan fingerprint density at radius 3 is 2.67 bits per heavy atom. The maximum Gasteiger partial charge on any atom is 0.129 e. The van der Waals surface area contributed by atoms with Gasteiger partial charge in [-0.05, 0) is 49.8 Å². The van der Waals surface area contributed by atoms with E-state index in [9.17, 15) is 9.50 Å². The van der Waals surface area contributed by atoms with Gasteiger partial charge in [-0.15, -0.1) is 0 Å².